The van der Waals surface area contributed by atoms with Gasteiger partial charge in [0.2, 0.25) is 0 Å². The standard InChI is InChI=1S/C15H20N4O2/c1-21-15(20)19-11-2-3-14-13(7-11)10(4-5-17-14)6-12-8-16-9-18-12/h2-3,6,8,13,16-18H,4-5,7,9H2,1H3,(H,19,20)/b10-6+. The summed E-state index contributed by atoms with van der Waals surface area (Å²) in [6.45, 7) is 1.72. The molecule has 4 N–H and O–H groups in total. The highest BCUT2D eigenvalue weighted by molar-refractivity contribution is 5.69. The number of hydrogen-bond acceptors (Lipinski definition) is 5. The average Bonchev–Trinajstić information content (AvgIpc) is 3.01. The van der Waals surface area contributed by atoms with Gasteiger partial charge in [-0.2, -0.15) is 0 Å². The molecule has 1 atom stereocenters. The molecule has 0 aromatic carbocycles. The lowest BCUT2D eigenvalue weighted by molar-refractivity contribution is 0.173. The largest absolute Gasteiger partial charge is 0.453 e. The number of piperidine rings is 1. The lowest BCUT2D eigenvalue weighted by Crippen LogP contribution is -2.34. The number of ether oxygens (including phenoxy) is 1. The Kier molecular flexibility index (Phi) is 3.85. The summed E-state index contributed by atoms with van der Waals surface area (Å²) < 4.78 is 4.65. The number of nitrogens with one attached hydrogen (secondary N) is 4. The molecule has 2 heterocycles. The highest BCUT2D eigenvalue weighted by Crippen LogP contribution is 2.34. The number of methoxy groups -OCH3 is 1. The van der Waals surface area contributed by atoms with E-state index in [-0.39, 0.29) is 0 Å². The van der Waals surface area contributed by atoms with Gasteiger partial charge in [0.25, 0.3) is 0 Å². The predicted octanol–water partition coefficient (Wildman–Crippen LogP) is 1.04. The number of alkyl carbamates (subject to hydrolysis) is 1. The van der Waals surface area contributed by atoms with Gasteiger partial charge in [-0.05, 0) is 31.1 Å². The van der Waals surface area contributed by atoms with Gasteiger partial charge < -0.3 is 20.7 Å². The lowest BCUT2D eigenvalue weighted by atomic mass is 9.82. The van der Waals surface area contributed by atoms with E-state index in [1.165, 1.54) is 18.4 Å². The molecule has 0 radical (unpaired) electrons. The van der Waals surface area contributed by atoms with Gasteiger partial charge in [-0.25, -0.2) is 4.79 Å². The second-order valence-electron chi connectivity index (χ2n) is 5.24. The molecule has 1 amide bonds. The minimum absolute atomic E-state index is 0.291. The van der Waals surface area contributed by atoms with Crippen LogP contribution in [0.3, 0.4) is 0 Å². The zero-order valence-electron chi connectivity index (χ0n) is 12.0. The van der Waals surface area contributed by atoms with E-state index in [2.05, 4.69) is 32.1 Å². The van der Waals surface area contributed by atoms with Gasteiger partial charge in [0.1, 0.15) is 0 Å². The van der Waals surface area contributed by atoms with Crippen LogP contribution >= 0.6 is 0 Å². The summed E-state index contributed by atoms with van der Waals surface area (Å²) in [6.07, 6.45) is 9.55. The maximum absolute atomic E-state index is 11.3. The molecular formula is C15H20N4O2. The summed E-state index contributed by atoms with van der Waals surface area (Å²) >= 11 is 0. The van der Waals surface area contributed by atoms with E-state index in [1.807, 2.05) is 18.4 Å². The second-order valence-corrected chi connectivity index (χ2v) is 5.24. The Morgan fingerprint density at radius 3 is 3.10 bits per heavy atom. The van der Waals surface area contributed by atoms with Crippen LogP contribution in [0.15, 0.2) is 47.1 Å². The Bertz CT molecular complexity index is 560. The van der Waals surface area contributed by atoms with Crippen LogP contribution in [0.4, 0.5) is 4.79 Å². The Labute approximate surface area is 124 Å². The molecule has 112 valence electrons. The number of amides is 1. The first-order valence-electron chi connectivity index (χ1n) is 7.14. The third kappa shape index (κ3) is 3.04. The maximum atomic E-state index is 11.3. The maximum Gasteiger partial charge on any atom is 0.411 e. The molecule has 6 nitrogen and oxygen atoms in total. The molecule has 3 aliphatic rings. The predicted molar refractivity (Wildman–Crippen MR) is 79.7 cm³/mol. The van der Waals surface area contributed by atoms with E-state index in [0.29, 0.717) is 5.92 Å². The molecule has 1 fully saturated rings. The van der Waals surface area contributed by atoms with Gasteiger partial charge in [0, 0.05) is 30.1 Å². The first-order chi connectivity index (χ1) is 10.3. The van der Waals surface area contributed by atoms with Gasteiger partial charge in [-0.3, -0.25) is 5.32 Å². The summed E-state index contributed by atoms with van der Waals surface area (Å²) in [5.41, 5.74) is 4.59. The molecule has 0 saturated carbocycles. The SMILES string of the molecule is COC(=O)NC1=CC=C2NCC/C(=C\C3=CNCN3)C2C1. The number of carbonyl (C=O) groups is 1. The first-order valence-corrected chi connectivity index (χ1v) is 7.14. The lowest BCUT2D eigenvalue weighted by Gasteiger charge is -2.33. The van der Waals surface area contributed by atoms with Crippen LogP contribution in [0.25, 0.3) is 0 Å². The third-order valence-electron chi connectivity index (χ3n) is 3.89. The van der Waals surface area contributed by atoms with Crippen molar-refractivity contribution in [1.82, 2.24) is 21.3 Å². The fraction of sp³-hybridized carbons (Fsp3) is 0.400. The normalized spacial score (nSPS) is 25.5. The van der Waals surface area contributed by atoms with Crippen molar-refractivity contribution in [3.8, 4) is 0 Å². The van der Waals surface area contributed by atoms with Crippen molar-refractivity contribution in [2.75, 3.05) is 20.3 Å². The van der Waals surface area contributed by atoms with Crippen molar-refractivity contribution in [3.63, 3.8) is 0 Å². The highest BCUT2D eigenvalue weighted by atomic mass is 16.5. The number of carbonyl (C=O) groups excluding carboxylic acids is 1. The van der Waals surface area contributed by atoms with Gasteiger partial charge >= 0.3 is 6.09 Å². The molecule has 0 aromatic rings. The first kappa shape index (κ1) is 13.6. The molecule has 21 heavy (non-hydrogen) atoms. The van der Waals surface area contributed by atoms with Gasteiger partial charge in [0.15, 0.2) is 0 Å². The summed E-state index contributed by atoms with van der Waals surface area (Å²) in [4.78, 5) is 11.3. The summed E-state index contributed by atoms with van der Waals surface area (Å²) in [7, 11) is 1.37. The van der Waals surface area contributed by atoms with Gasteiger partial charge in [-0.15, -0.1) is 0 Å². The topological polar surface area (TPSA) is 74.4 Å². The van der Waals surface area contributed by atoms with Crippen molar-refractivity contribution >= 4 is 6.09 Å². The fourth-order valence-corrected chi connectivity index (χ4v) is 2.85. The zero-order chi connectivity index (χ0) is 14.7. The van der Waals surface area contributed by atoms with E-state index in [9.17, 15) is 4.79 Å². The Balaban J connectivity index is 1.77. The summed E-state index contributed by atoms with van der Waals surface area (Å²) in [5.74, 6) is 0.291. The summed E-state index contributed by atoms with van der Waals surface area (Å²) in [6, 6.07) is 0. The van der Waals surface area contributed by atoms with E-state index in [4.69, 9.17) is 0 Å². The molecule has 0 spiro atoms. The van der Waals surface area contributed by atoms with Crippen molar-refractivity contribution in [2.24, 2.45) is 5.92 Å². The molecule has 0 aromatic heterocycles. The third-order valence-corrected chi connectivity index (χ3v) is 3.89. The zero-order valence-corrected chi connectivity index (χ0v) is 12.0. The van der Waals surface area contributed by atoms with Crippen LogP contribution in [0.5, 0.6) is 0 Å². The monoisotopic (exact) mass is 288 g/mol. The van der Waals surface area contributed by atoms with Crippen molar-refractivity contribution in [2.45, 2.75) is 12.8 Å². The van der Waals surface area contributed by atoms with E-state index in [0.717, 1.165) is 37.4 Å². The Morgan fingerprint density at radius 2 is 2.33 bits per heavy atom. The highest BCUT2D eigenvalue weighted by Gasteiger charge is 2.27. The van der Waals surface area contributed by atoms with Crippen molar-refractivity contribution in [3.05, 3.63) is 47.1 Å². The smallest absolute Gasteiger partial charge is 0.411 e. The number of hydrogen-bond donors (Lipinski definition) is 4. The Hall–Kier alpha value is -2.37. The van der Waals surface area contributed by atoms with Crippen molar-refractivity contribution in [1.29, 1.82) is 0 Å². The van der Waals surface area contributed by atoms with Crippen LogP contribution in [0.2, 0.25) is 0 Å². The molecule has 2 aliphatic heterocycles. The van der Waals surface area contributed by atoms with E-state index >= 15 is 0 Å². The van der Waals surface area contributed by atoms with Crippen molar-refractivity contribution < 1.29 is 9.53 Å². The summed E-state index contributed by atoms with van der Waals surface area (Å²) in [5, 5.41) is 12.6. The Morgan fingerprint density at radius 1 is 1.43 bits per heavy atom. The van der Waals surface area contributed by atoms with Crippen LogP contribution in [0.1, 0.15) is 12.8 Å². The fourth-order valence-electron chi connectivity index (χ4n) is 2.85. The molecular weight excluding hydrogens is 268 g/mol. The minimum atomic E-state index is -0.420. The number of fused-ring (bicyclic) bond motifs is 1. The molecule has 6 heteroatoms. The van der Waals surface area contributed by atoms with Crippen LogP contribution in [-0.2, 0) is 4.74 Å². The molecule has 1 unspecified atom stereocenters. The van der Waals surface area contributed by atoms with Crippen LogP contribution in [0, 0.1) is 5.92 Å². The number of rotatable bonds is 2. The molecule has 1 aliphatic carbocycles. The molecule has 1 saturated heterocycles. The molecule has 0 bridgehead atoms. The van der Waals surface area contributed by atoms with E-state index in [1.54, 1.807) is 0 Å². The average molecular weight is 288 g/mol. The number of allylic oxidation sites excluding steroid dienone is 5. The van der Waals surface area contributed by atoms with Gasteiger partial charge in [-0.1, -0.05) is 5.57 Å². The van der Waals surface area contributed by atoms with E-state index < -0.39 is 6.09 Å². The van der Waals surface area contributed by atoms with Gasteiger partial charge in [0.05, 0.1) is 19.5 Å². The minimum Gasteiger partial charge on any atom is -0.453 e. The molecule has 3 rings (SSSR count). The van der Waals surface area contributed by atoms with Crippen LogP contribution < -0.4 is 21.3 Å². The second kappa shape index (κ2) is 5.95. The van der Waals surface area contributed by atoms with Crippen LogP contribution in [-0.4, -0.2) is 26.4 Å². The quantitative estimate of drug-likeness (QED) is 0.611.